The summed E-state index contributed by atoms with van der Waals surface area (Å²) in [6.45, 7) is 6.13. The third-order valence-corrected chi connectivity index (χ3v) is 5.33. The van der Waals surface area contributed by atoms with Gasteiger partial charge in [-0.3, -0.25) is 9.89 Å². The molecule has 1 aliphatic rings. The second kappa shape index (κ2) is 10.5. The maximum absolute atomic E-state index is 6.05. The molecule has 7 heteroatoms. The van der Waals surface area contributed by atoms with Gasteiger partial charge in [-0.25, -0.2) is 0 Å². The van der Waals surface area contributed by atoms with Gasteiger partial charge in [-0.1, -0.05) is 13.0 Å². The first-order valence-electron chi connectivity index (χ1n) is 8.09. The summed E-state index contributed by atoms with van der Waals surface area (Å²) in [4.78, 5) is 10.6. The lowest BCUT2D eigenvalue weighted by Gasteiger charge is -2.24. The smallest absolute Gasteiger partial charge is 0.188 e. The molecule has 5 nitrogen and oxygen atoms in total. The molecule has 0 spiro atoms. The number of likely N-dealkylation sites (tertiary alicyclic amines) is 1. The van der Waals surface area contributed by atoms with Crippen LogP contribution in [0.3, 0.4) is 0 Å². The van der Waals surface area contributed by atoms with E-state index < -0.39 is 0 Å². The number of nitrogens with zero attached hydrogens (tertiary/aromatic N) is 3. The lowest BCUT2D eigenvalue weighted by Crippen LogP contribution is -2.43. The van der Waals surface area contributed by atoms with Crippen molar-refractivity contribution in [3.8, 4) is 0 Å². The Morgan fingerprint density at radius 1 is 1.57 bits per heavy atom. The number of thiophene rings is 1. The SMILES string of the molecule is CCN1CCCC1CNC(N)=NCC(c1cccs1)N(C)C.I. The van der Waals surface area contributed by atoms with Crippen LogP contribution in [0.25, 0.3) is 0 Å². The summed E-state index contributed by atoms with van der Waals surface area (Å²) in [5.41, 5.74) is 6.05. The molecule has 1 aliphatic heterocycles. The third kappa shape index (κ3) is 6.21. The number of guanidine groups is 1. The number of aliphatic imine (C=N–C) groups is 1. The van der Waals surface area contributed by atoms with Gasteiger partial charge in [0.1, 0.15) is 0 Å². The molecule has 0 bridgehead atoms. The first kappa shape index (κ1) is 20.7. The Morgan fingerprint density at radius 3 is 2.96 bits per heavy atom. The summed E-state index contributed by atoms with van der Waals surface area (Å²) in [6.07, 6.45) is 2.54. The molecule has 2 rings (SSSR count). The number of likely N-dealkylation sites (N-methyl/N-ethyl adjacent to an activating group) is 2. The maximum atomic E-state index is 6.05. The van der Waals surface area contributed by atoms with E-state index in [0.717, 1.165) is 13.1 Å². The summed E-state index contributed by atoms with van der Waals surface area (Å²) in [6, 6.07) is 5.13. The predicted molar refractivity (Wildman–Crippen MR) is 111 cm³/mol. The number of halogens is 1. The van der Waals surface area contributed by atoms with Gasteiger partial charge in [0, 0.05) is 17.5 Å². The van der Waals surface area contributed by atoms with Crippen LogP contribution >= 0.6 is 35.3 Å². The van der Waals surface area contributed by atoms with Gasteiger partial charge in [0.2, 0.25) is 0 Å². The maximum Gasteiger partial charge on any atom is 0.188 e. The highest BCUT2D eigenvalue weighted by Gasteiger charge is 2.22. The Labute approximate surface area is 161 Å². The molecule has 0 amide bonds. The fraction of sp³-hybridized carbons (Fsp3) is 0.688. The van der Waals surface area contributed by atoms with Gasteiger partial charge in [-0.15, -0.1) is 35.3 Å². The van der Waals surface area contributed by atoms with Crippen molar-refractivity contribution in [3.63, 3.8) is 0 Å². The van der Waals surface area contributed by atoms with Crippen LogP contribution in [-0.2, 0) is 0 Å². The summed E-state index contributed by atoms with van der Waals surface area (Å²) in [5.74, 6) is 0.561. The van der Waals surface area contributed by atoms with Crippen LogP contribution in [0.2, 0.25) is 0 Å². The van der Waals surface area contributed by atoms with E-state index in [2.05, 4.69) is 58.6 Å². The lowest BCUT2D eigenvalue weighted by molar-refractivity contribution is 0.267. The minimum Gasteiger partial charge on any atom is -0.370 e. The number of hydrogen-bond donors (Lipinski definition) is 2. The number of rotatable bonds is 7. The van der Waals surface area contributed by atoms with Gasteiger partial charge in [-0.2, -0.15) is 0 Å². The molecule has 2 atom stereocenters. The van der Waals surface area contributed by atoms with Crippen molar-refractivity contribution in [3.05, 3.63) is 22.4 Å². The minimum atomic E-state index is 0. The Bertz CT molecular complexity index is 463. The Hall–Kier alpha value is -0.380. The van der Waals surface area contributed by atoms with E-state index >= 15 is 0 Å². The molecule has 132 valence electrons. The number of nitrogens with two attached hydrogens (primary N) is 1. The Morgan fingerprint density at radius 2 is 2.35 bits per heavy atom. The van der Waals surface area contributed by atoms with Crippen LogP contribution in [0, 0.1) is 0 Å². The fourth-order valence-corrected chi connectivity index (χ4v) is 3.91. The summed E-state index contributed by atoms with van der Waals surface area (Å²) in [7, 11) is 4.17. The summed E-state index contributed by atoms with van der Waals surface area (Å²) >= 11 is 1.77. The second-order valence-electron chi connectivity index (χ2n) is 6.03. The Balaban J connectivity index is 0.00000264. The fourth-order valence-electron chi connectivity index (χ4n) is 2.99. The van der Waals surface area contributed by atoms with Gasteiger partial charge in [-0.05, 0) is 51.5 Å². The molecular weight excluding hydrogens is 421 g/mol. The van der Waals surface area contributed by atoms with E-state index in [1.165, 1.54) is 24.3 Å². The van der Waals surface area contributed by atoms with Crippen molar-refractivity contribution in [2.24, 2.45) is 10.7 Å². The quantitative estimate of drug-likeness (QED) is 0.380. The van der Waals surface area contributed by atoms with Crippen LogP contribution in [0.1, 0.15) is 30.7 Å². The molecule has 1 saturated heterocycles. The molecule has 0 radical (unpaired) electrons. The Kier molecular flexibility index (Phi) is 9.41. The molecule has 2 heterocycles. The molecule has 0 aromatic carbocycles. The monoisotopic (exact) mass is 451 g/mol. The van der Waals surface area contributed by atoms with Crippen LogP contribution < -0.4 is 11.1 Å². The largest absolute Gasteiger partial charge is 0.370 e. The van der Waals surface area contributed by atoms with E-state index in [9.17, 15) is 0 Å². The van der Waals surface area contributed by atoms with Crippen LogP contribution in [0.5, 0.6) is 0 Å². The standard InChI is InChI=1S/C16H29N5S.HI/c1-4-21-9-5-7-13(21)11-18-16(17)19-12-14(20(2)3)15-8-6-10-22-15;/h6,8,10,13-14H,4-5,7,9,11-12H2,1-3H3,(H3,17,18,19);1H. The highest BCUT2D eigenvalue weighted by molar-refractivity contribution is 14.0. The van der Waals surface area contributed by atoms with E-state index in [0.29, 0.717) is 24.6 Å². The van der Waals surface area contributed by atoms with Crippen LogP contribution in [0.4, 0.5) is 0 Å². The molecule has 0 aliphatic carbocycles. The molecule has 23 heavy (non-hydrogen) atoms. The van der Waals surface area contributed by atoms with Crippen molar-refractivity contribution < 1.29 is 0 Å². The van der Waals surface area contributed by atoms with Gasteiger partial charge < -0.3 is 16.0 Å². The normalized spacial score (nSPS) is 20.5. The first-order valence-corrected chi connectivity index (χ1v) is 8.97. The average molecular weight is 451 g/mol. The molecule has 0 saturated carbocycles. The number of hydrogen-bond acceptors (Lipinski definition) is 4. The predicted octanol–water partition coefficient (Wildman–Crippen LogP) is 2.36. The topological polar surface area (TPSA) is 56.9 Å². The lowest BCUT2D eigenvalue weighted by atomic mass is 10.2. The van der Waals surface area contributed by atoms with Crippen molar-refractivity contribution in [2.75, 3.05) is 40.3 Å². The molecule has 3 N–H and O–H groups in total. The number of nitrogens with one attached hydrogen (secondary N) is 1. The van der Waals surface area contributed by atoms with Crippen molar-refractivity contribution >= 4 is 41.3 Å². The van der Waals surface area contributed by atoms with Gasteiger partial charge in [0.15, 0.2) is 5.96 Å². The van der Waals surface area contributed by atoms with Gasteiger partial charge in [0.05, 0.1) is 12.6 Å². The average Bonchev–Trinajstić information content (AvgIpc) is 3.16. The summed E-state index contributed by atoms with van der Waals surface area (Å²) < 4.78 is 0. The molecule has 1 aromatic rings. The van der Waals surface area contributed by atoms with E-state index in [-0.39, 0.29) is 24.0 Å². The highest BCUT2D eigenvalue weighted by Crippen LogP contribution is 2.23. The second-order valence-corrected chi connectivity index (χ2v) is 7.01. The zero-order valence-electron chi connectivity index (χ0n) is 14.4. The highest BCUT2D eigenvalue weighted by atomic mass is 127. The van der Waals surface area contributed by atoms with Crippen LogP contribution in [0.15, 0.2) is 22.5 Å². The van der Waals surface area contributed by atoms with Crippen molar-refractivity contribution in [1.82, 2.24) is 15.1 Å². The van der Waals surface area contributed by atoms with Gasteiger partial charge >= 0.3 is 0 Å². The van der Waals surface area contributed by atoms with E-state index in [1.54, 1.807) is 11.3 Å². The van der Waals surface area contributed by atoms with Crippen LogP contribution in [-0.4, -0.2) is 62.1 Å². The van der Waals surface area contributed by atoms with Crippen molar-refractivity contribution in [1.29, 1.82) is 0 Å². The van der Waals surface area contributed by atoms with E-state index in [1.807, 2.05) is 0 Å². The van der Waals surface area contributed by atoms with E-state index in [4.69, 9.17) is 5.73 Å². The van der Waals surface area contributed by atoms with Crippen molar-refractivity contribution in [2.45, 2.75) is 31.8 Å². The molecule has 1 fully saturated rings. The first-order chi connectivity index (χ1) is 10.6. The minimum absolute atomic E-state index is 0. The molecule has 1 aromatic heterocycles. The zero-order chi connectivity index (χ0) is 15.9. The third-order valence-electron chi connectivity index (χ3n) is 4.35. The molecule has 2 unspecified atom stereocenters. The van der Waals surface area contributed by atoms with Gasteiger partial charge in [0.25, 0.3) is 0 Å². The molecular formula is C16H30IN5S. The zero-order valence-corrected chi connectivity index (χ0v) is 17.5. The summed E-state index contributed by atoms with van der Waals surface area (Å²) in [5, 5.41) is 5.41.